The molecule has 148 valence electrons. The average Bonchev–Trinajstić information content (AvgIpc) is 3.14. The third-order valence-corrected chi connectivity index (χ3v) is 7.28. The lowest BCUT2D eigenvalue weighted by molar-refractivity contribution is 0.205. The number of nitrogens with zero attached hydrogens (tertiary/aromatic N) is 2. The minimum Gasteiger partial charge on any atom is -0.423 e. The summed E-state index contributed by atoms with van der Waals surface area (Å²) >= 11 is 1.83. The van der Waals surface area contributed by atoms with E-state index in [1.54, 1.807) is 6.07 Å². The molecule has 0 atom stereocenters. The third kappa shape index (κ3) is 3.61. The van der Waals surface area contributed by atoms with Crippen molar-refractivity contribution in [1.29, 1.82) is 0 Å². The van der Waals surface area contributed by atoms with Gasteiger partial charge in [0.1, 0.15) is 5.58 Å². The monoisotopic (exact) mass is 404 g/mol. The molecule has 2 aromatic heterocycles. The number of piperidine rings is 1. The second kappa shape index (κ2) is 7.39. The standard InChI is InChI=1S/C24H24N2O2S/c1-15-11-19-18(13-23(27)28-21(19)12-16(15)2)14-26-9-7-17(8-10-26)24-25-20-5-3-4-6-22(20)29-24/h3-6,11-13,17H,7-10,14H2,1-2H3. The first kappa shape index (κ1) is 18.5. The molecule has 2 aromatic carbocycles. The first-order valence-electron chi connectivity index (χ1n) is 10.2. The van der Waals surface area contributed by atoms with E-state index in [-0.39, 0.29) is 5.63 Å². The van der Waals surface area contributed by atoms with Gasteiger partial charge in [-0.3, -0.25) is 4.90 Å². The van der Waals surface area contributed by atoms with E-state index in [2.05, 4.69) is 42.2 Å². The van der Waals surface area contributed by atoms with E-state index in [0.29, 0.717) is 11.5 Å². The fourth-order valence-corrected chi connectivity index (χ4v) is 5.39. The fraction of sp³-hybridized carbons (Fsp3) is 0.333. The normalized spacial score (nSPS) is 16.1. The highest BCUT2D eigenvalue weighted by Crippen LogP contribution is 2.34. The van der Waals surface area contributed by atoms with Crippen LogP contribution in [0.2, 0.25) is 0 Å². The van der Waals surface area contributed by atoms with Gasteiger partial charge >= 0.3 is 5.63 Å². The van der Waals surface area contributed by atoms with Gasteiger partial charge in [-0.05, 0) is 80.7 Å². The van der Waals surface area contributed by atoms with Crippen LogP contribution in [0.25, 0.3) is 21.2 Å². The molecule has 4 nitrogen and oxygen atoms in total. The molecule has 0 spiro atoms. The zero-order chi connectivity index (χ0) is 20.0. The molecule has 0 aliphatic carbocycles. The van der Waals surface area contributed by atoms with Crippen LogP contribution in [0.5, 0.6) is 0 Å². The summed E-state index contributed by atoms with van der Waals surface area (Å²) in [6.07, 6.45) is 2.22. The first-order valence-corrected chi connectivity index (χ1v) is 11.0. The molecule has 1 aliphatic heterocycles. The van der Waals surface area contributed by atoms with Crippen molar-refractivity contribution in [2.75, 3.05) is 13.1 Å². The molecule has 0 saturated carbocycles. The van der Waals surface area contributed by atoms with Gasteiger partial charge in [0, 0.05) is 23.9 Å². The molecular weight excluding hydrogens is 380 g/mol. The van der Waals surface area contributed by atoms with E-state index in [9.17, 15) is 4.79 Å². The van der Waals surface area contributed by atoms with Crippen LogP contribution in [0.3, 0.4) is 0 Å². The van der Waals surface area contributed by atoms with Gasteiger partial charge in [-0.1, -0.05) is 12.1 Å². The molecule has 29 heavy (non-hydrogen) atoms. The number of aromatic nitrogens is 1. The molecule has 4 aromatic rings. The maximum absolute atomic E-state index is 12.1. The summed E-state index contributed by atoms with van der Waals surface area (Å²) in [5.41, 5.74) is 4.98. The molecule has 3 heterocycles. The van der Waals surface area contributed by atoms with Crippen molar-refractivity contribution in [3.8, 4) is 0 Å². The Morgan fingerprint density at radius 3 is 2.66 bits per heavy atom. The molecule has 0 unspecified atom stereocenters. The van der Waals surface area contributed by atoms with Crippen molar-refractivity contribution in [3.63, 3.8) is 0 Å². The summed E-state index contributed by atoms with van der Waals surface area (Å²) in [5, 5.41) is 2.32. The summed E-state index contributed by atoms with van der Waals surface area (Å²) in [5.74, 6) is 0.533. The maximum Gasteiger partial charge on any atom is 0.336 e. The predicted octanol–water partition coefficient (Wildman–Crippen LogP) is 5.40. The van der Waals surface area contributed by atoms with Gasteiger partial charge in [0.2, 0.25) is 0 Å². The molecular formula is C24H24N2O2S. The van der Waals surface area contributed by atoms with Gasteiger partial charge in [-0.25, -0.2) is 9.78 Å². The fourth-order valence-electron chi connectivity index (χ4n) is 4.26. The molecule has 1 saturated heterocycles. The van der Waals surface area contributed by atoms with Gasteiger partial charge in [0.15, 0.2) is 0 Å². The third-order valence-electron chi connectivity index (χ3n) is 6.09. The Morgan fingerprint density at radius 1 is 1.10 bits per heavy atom. The highest BCUT2D eigenvalue weighted by molar-refractivity contribution is 7.18. The van der Waals surface area contributed by atoms with Crippen LogP contribution in [0, 0.1) is 13.8 Å². The summed E-state index contributed by atoms with van der Waals surface area (Å²) in [6, 6.07) is 14.2. The van der Waals surface area contributed by atoms with Crippen molar-refractivity contribution in [2.24, 2.45) is 0 Å². The Labute approximate surface area is 173 Å². The Morgan fingerprint density at radius 2 is 1.86 bits per heavy atom. The summed E-state index contributed by atoms with van der Waals surface area (Å²) in [4.78, 5) is 19.4. The molecule has 0 bridgehead atoms. The summed E-state index contributed by atoms with van der Waals surface area (Å²) in [7, 11) is 0. The maximum atomic E-state index is 12.1. The van der Waals surface area contributed by atoms with Gasteiger partial charge in [-0.2, -0.15) is 0 Å². The van der Waals surface area contributed by atoms with Crippen LogP contribution in [0.4, 0.5) is 0 Å². The number of aryl methyl sites for hydroxylation is 2. The van der Waals surface area contributed by atoms with Crippen LogP contribution in [-0.4, -0.2) is 23.0 Å². The summed E-state index contributed by atoms with van der Waals surface area (Å²) in [6.45, 7) is 6.99. The topological polar surface area (TPSA) is 46.3 Å². The number of hydrogen-bond donors (Lipinski definition) is 0. The van der Waals surface area contributed by atoms with Crippen LogP contribution in [-0.2, 0) is 6.54 Å². The van der Waals surface area contributed by atoms with Gasteiger partial charge < -0.3 is 4.42 Å². The van der Waals surface area contributed by atoms with E-state index in [1.807, 2.05) is 24.3 Å². The lowest BCUT2D eigenvalue weighted by Gasteiger charge is -2.31. The number of fused-ring (bicyclic) bond motifs is 2. The van der Waals surface area contributed by atoms with E-state index in [0.717, 1.165) is 54.5 Å². The lowest BCUT2D eigenvalue weighted by Crippen LogP contribution is -2.32. The van der Waals surface area contributed by atoms with Crippen molar-refractivity contribution in [2.45, 2.75) is 39.2 Å². The molecule has 1 fully saturated rings. The van der Waals surface area contributed by atoms with Crippen molar-refractivity contribution >= 4 is 32.5 Å². The molecule has 0 N–H and O–H groups in total. The molecule has 1 aliphatic rings. The SMILES string of the molecule is Cc1cc2oc(=O)cc(CN3CCC(c4nc5ccccc5s4)CC3)c2cc1C. The Hall–Kier alpha value is -2.50. The Kier molecular flexibility index (Phi) is 4.72. The minimum absolute atomic E-state index is 0.264. The van der Waals surface area contributed by atoms with E-state index >= 15 is 0 Å². The zero-order valence-electron chi connectivity index (χ0n) is 16.8. The second-order valence-corrected chi connectivity index (χ2v) is 9.16. The van der Waals surface area contributed by atoms with Crippen LogP contribution >= 0.6 is 11.3 Å². The number of likely N-dealkylation sites (tertiary alicyclic amines) is 1. The quantitative estimate of drug-likeness (QED) is 0.429. The van der Waals surface area contributed by atoms with E-state index in [4.69, 9.17) is 9.40 Å². The predicted molar refractivity (Wildman–Crippen MR) is 119 cm³/mol. The van der Waals surface area contributed by atoms with Gasteiger partial charge in [0.25, 0.3) is 0 Å². The van der Waals surface area contributed by atoms with Crippen LogP contribution < -0.4 is 5.63 Å². The first-order chi connectivity index (χ1) is 14.1. The molecule has 0 amide bonds. The minimum atomic E-state index is -0.264. The van der Waals surface area contributed by atoms with Crippen molar-refractivity contribution < 1.29 is 4.42 Å². The number of benzene rings is 2. The van der Waals surface area contributed by atoms with Crippen LogP contribution in [0.1, 0.15) is 40.5 Å². The average molecular weight is 405 g/mol. The smallest absolute Gasteiger partial charge is 0.336 e. The second-order valence-electron chi connectivity index (χ2n) is 8.09. The van der Waals surface area contributed by atoms with Gasteiger partial charge in [0.05, 0.1) is 15.2 Å². The molecule has 5 heteroatoms. The Balaban J connectivity index is 1.34. The zero-order valence-corrected chi connectivity index (χ0v) is 17.6. The largest absolute Gasteiger partial charge is 0.423 e. The Bertz CT molecular complexity index is 1220. The van der Waals surface area contributed by atoms with Crippen LogP contribution in [0.15, 0.2) is 51.7 Å². The molecule has 0 radical (unpaired) electrons. The number of thiazole rings is 1. The molecule has 5 rings (SSSR count). The van der Waals surface area contributed by atoms with E-state index in [1.165, 1.54) is 15.3 Å². The lowest BCUT2D eigenvalue weighted by atomic mass is 9.96. The van der Waals surface area contributed by atoms with Crippen molar-refractivity contribution in [1.82, 2.24) is 9.88 Å². The van der Waals surface area contributed by atoms with Crippen molar-refractivity contribution in [3.05, 3.63) is 74.6 Å². The van der Waals surface area contributed by atoms with E-state index < -0.39 is 0 Å². The number of hydrogen-bond acceptors (Lipinski definition) is 5. The highest BCUT2D eigenvalue weighted by Gasteiger charge is 2.24. The number of para-hydroxylation sites is 1. The summed E-state index contributed by atoms with van der Waals surface area (Å²) < 4.78 is 6.73. The highest BCUT2D eigenvalue weighted by atomic mass is 32.1. The van der Waals surface area contributed by atoms with Gasteiger partial charge in [-0.15, -0.1) is 11.3 Å². The number of rotatable bonds is 3.